The van der Waals surface area contributed by atoms with Crippen molar-refractivity contribution in [2.24, 2.45) is 0 Å². The van der Waals surface area contributed by atoms with E-state index < -0.39 is 17.9 Å². The van der Waals surface area contributed by atoms with Crippen molar-refractivity contribution < 1.29 is 24.9 Å². The Kier molecular flexibility index (Phi) is 5.79. The standard InChI is InChI=1S/C13H18N2O5/c1-2-14-7-12(18)15-9(13(19)20)5-8-3-4-10(16)11(17)6-8/h3-4,6,9,14,16-17H,2,5,7H2,1H3,(H,15,18)(H,19,20)/t9-/m0/s1. The largest absolute Gasteiger partial charge is 0.504 e. The van der Waals surface area contributed by atoms with Gasteiger partial charge in [-0.3, -0.25) is 4.79 Å². The summed E-state index contributed by atoms with van der Waals surface area (Å²) in [6, 6.07) is 2.93. The van der Waals surface area contributed by atoms with Crippen molar-refractivity contribution >= 4 is 11.9 Å². The molecule has 0 aliphatic carbocycles. The summed E-state index contributed by atoms with van der Waals surface area (Å²) < 4.78 is 0. The highest BCUT2D eigenvalue weighted by atomic mass is 16.4. The lowest BCUT2D eigenvalue weighted by Crippen LogP contribution is -2.45. The Morgan fingerprint density at radius 2 is 1.95 bits per heavy atom. The summed E-state index contributed by atoms with van der Waals surface area (Å²) in [5.41, 5.74) is 0.497. The second-order valence-corrected chi connectivity index (χ2v) is 4.27. The van der Waals surface area contributed by atoms with E-state index in [1.54, 1.807) is 0 Å². The minimum Gasteiger partial charge on any atom is -0.504 e. The van der Waals surface area contributed by atoms with Crippen molar-refractivity contribution in [2.75, 3.05) is 13.1 Å². The number of carboxylic acid groups (broad SMARTS) is 1. The molecule has 0 spiro atoms. The molecule has 0 aliphatic rings. The molecule has 0 saturated heterocycles. The molecule has 1 amide bonds. The lowest BCUT2D eigenvalue weighted by Gasteiger charge is -2.15. The number of aliphatic carboxylic acids is 1. The van der Waals surface area contributed by atoms with Gasteiger partial charge in [0.05, 0.1) is 6.54 Å². The van der Waals surface area contributed by atoms with Crippen molar-refractivity contribution in [1.82, 2.24) is 10.6 Å². The van der Waals surface area contributed by atoms with Crippen LogP contribution in [-0.2, 0) is 16.0 Å². The lowest BCUT2D eigenvalue weighted by molar-refractivity contribution is -0.141. The first kappa shape index (κ1) is 15.8. The summed E-state index contributed by atoms with van der Waals surface area (Å²) in [4.78, 5) is 22.6. The van der Waals surface area contributed by atoms with E-state index in [0.29, 0.717) is 12.1 Å². The fourth-order valence-corrected chi connectivity index (χ4v) is 1.62. The molecule has 7 nitrogen and oxygen atoms in total. The van der Waals surface area contributed by atoms with Crippen LogP contribution in [0.2, 0.25) is 0 Å². The van der Waals surface area contributed by atoms with Crippen molar-refractivity contribution in [1.29, 1.82) is 0 Å². The molecule has 0 bridgehead atoms. The number of aromatic hydroxyl groups is 2. The Balaban J connectivity index is 2.69. The summed E-state index contributed by atoms with van der Waals surface area (Å²) >= 11 is 0. The van der Waals surface area contributed by atoms with E-state index in [-0.39, 0.29) is 24.5 Å². The predicted octanol–water partition coefficient (Wildman–Crippen LogP) is -0.181. The van der Waals surface area contributed by atoms with Crippen LogP contribution in [-0.4, -0.2) is 46.3 Å². The molecule has 0 aromatic heterocycles. The minimum absolute atomic E-state index is 0.0149. The number of carbonyl (C=O) groups excluding carboxylic acids is 1. The van der Waals surface area contributed by atoms with Gasteiger partial charge < -0.3 is 26.0 Å². The number of phenols is 2. The molecule has 0 radical (unpaired) electrons. The monoisotopic (exact) mass is 282 g/mol. The van der Waals surface area contributed by atoms with E-state index in [1.165, 1.54) is 18.2 Å². The van der Waals surface area contributed by atoms with E-state index in [4.69, 9.17) is 5.11 Å². The number of rotatable bonds is 7. The molecule has 20 heavy (non-hydrogen) atoms. The molecule has 7 heteroatoms. The Hall–Kier alpha value is -2.28. The first-order valence-electron chi connectivity index (χ1n) is 6.17. The van der Waals surface area contributed by atoms with Gasteiger partial charge in [0.1, 0.15) is 6.04 Å². The average molecular weight is 282 g/mol. The second kappa shape index (κ2) is 7.34. The molecule has 1 atom stereocenters. The van der Waals surface area contributed by atoms with Crippen LogP contribution in [0.4, 0.5) is 0 Å². The Bertz CT molecular complexity index is 490. The minimum atomic E-state index is -1.16. The first-order valence-corrected chi connectivity index (χ1v) is 6.17. The van der Waals surface area contributed by atoms with Gasteiger partial charge in [-0.25, -0.2) is 4.79 Å². The third-order valence-corrected chi connectivity index (χ3v) is 2.65. The van der Waals surface area contributed by atoms with Crippen LogP contribution in [0.1, 0.15) is 12.5 Å². The molecule has 0 saturated carbocycles. The summed E-state index contributed by atoms with van der Waals surface area (Å²) in [7, 11) is 0. The van der Waals surface area contributed by atoms with Crippen LogP contribution in [0.25, 0.3) is 0 Å². The summed E-state index contributed by atoms with van der Waals surface area (Å²) in [5, 5.41) is 32.8. The highest BCUT2D eigenvalue weighted by Crippen LogP contribution is 2.25. The van der Waals surface area contributed by atoms with Gasteiger partial charge in [-0.15, -0.1) is 0 Å². The van der Waals surface area contributed by atoms with Crippen LogP contribution in [0.3, 0.4) is 0 Å². The number of likely N-dealkylation sites (N-methyl/N-ethyl adjacent to an activating group) is 1. The topological polar surface area (TPSA) is 119 Å². The number of nitrogens with one attached hydrogen (secondary N) is 2. The SMILES string of the molecule is CCNCC(=O)N[C@@H](Cc1ccc(O)c(O)c1)C(=O)O. The molecule has 5 N–H and O–H groups in total. The second-order valence-electron chi connectivity index (χ2n) is 4.27. The molecule has 0 heterocycles. The maximum absolute atomic E-state index is 11.5. The number of carbonyl (C=O) groups is 2. The normalized spacial score (nSPS) is 11.8. The summed E-state index contributed by atoms with van der Waals surface area (Å²) in [6.45, 7) is 2.49. The molecule has 1 aromatic rings. The van der Waals surface area contributed by atoms with E-state index in [9.17, 15) is 19.8 Å². The molecular weight excluding hydrogens is 264 g/mol. The van der Waals surface area contributed by atoms with Gasteiger partial charge in [-0.05, 0) is 24.2 Å². The average Bonchev–Trinajstić information content (AvgIpc) is 2.39. The number of hydrogen-bond donors (Lipinski definition) is 5. The van der Waals surface area contributed by atoms with Crippen LogP contribution in [0.15, 0.2) is 18.2 Å². The highest BCUT2D eigenvalue weighted by Gasteiger charge is 2.20. The van der Waals surface area contributed by atoms with Gasteiger partial charge in [0, 0.05) is 6.42 Å². The van der Waals surface area contributed by atoms with Gasteiger partial charge in [0.25, 0.3) is 0 Å². The van der Waals surface area contributed by atoms with Gasteiger partial charge in [-0.1, -0.05) is 13.0 Å². The molecule has 0 unspecified atom stereocenters. The number of phenolic OH excluding ortho intramolecular Hbond substituents is 2. The Morgan fingerprint density at radius 1 is 1.25 bits per heavy atom. The van der Waals surface area contributed by atoms with Crippen LogP contribution >= 0.6 is 0 Å². The van der Waals surface area contributed by atoms with E-state index in [2.05, 4.69) is 10.6 Å². The zero-order chi connectivity index (χ0) is 15.1. The Morgan fingerprint density at radius 3 is 2.50 bits per heavy atom. The predicted molar refractivity (Wildman–Crippen MR) is 71.6 cm³/mol. The first-order chi connectivity index (χ1) is 9.43. The number of carboxylic acids is 1. The number of hydrogen-bond acceptors (Lipinski definition) is 5. The van der Waals surface area contributed by atoms with Crippen molar-refractivity contribution in [3.63, 3.8) is 0 Å². The third-order valence-electron chi connectivity index (χ3n) is 2.65. The number of amides is 1. The summed E-state index contributed by atoms with van der Waals surface area (Å²) in [6.07, 6.45) is 0.0149. The quantitative estimate of drug-likeness (QED) is 0.443. The maximum Gasteiger partial charge on any atom is 0.326 e. The van der Waals surface area contributed by atoms with Crippen molar-refractivity contribution in [2.45, 2.75) is 19.4 Å². The van der Waals surface area contributed by atoms with Gasteiger partial charge in [-0.2, -0.15) is 0 Å². The maximum atomic E-state index is 11.5. The fraction of sp³-hybridized carbons (Fsp3) is 0.385. The molecule has 0 aliphatic heterocycles. The third kappa shape index (κ3) is 4.77. The molecule has 0 fully saturated rings. The lowest BCUT2D eigenvalue weighted by atomic mass is 10.1. The van der Waals surface area contributed by atoms with E-state index in [0.717, 1.165) is 0 Å². The van der Waals surface area contributed by atoms with Gasteiger partial charge >= 0.3 is 5.97 Å². The van der Waals surface area contributed by atoms with Gasteiger partial charge in [0.15, 0.2) is 11.5 Å². The van der Waals surface area contributed by atoms with Gasteiger partial charge in [0.2, 0.25) is 5.91 Å². The van der Waals surface area contributed by atoms with Crippen molar-refractivity contribution in [3.8, 4) is 11.5 Å². The summed E-state index contributed by atoms with van der Waals surface area (Å²) in [5.74, 6) is -2.19. The zero-order valence-electron chi connectivity index (χ0n) is 11.1. The molecule has 110 valence electrons. The molecular formula is C13H18N2O5. The fourth-order valence-electron chi connectivity index (χ4n) is 1.62. The van der Waals surface area contributed by atoms with Crippen LogP contribution in [0.5, 0.6) is 11.5 Å². The molecule has 1 aromatic carbocycles. The molecule has 1 rings (SSSR count). The zero-order valence-corrected chi connectivity index (χ0v) is 11.1. The van der Waals surface area contributed by atoms with E-state index >= 15 is 0 Å². The van der Waals surface area contributed by atoms with Crippen molar-refractivity contribution in [3.05, 3.63) is 23.8 Å². The van der Waals surface area contributed by atoms with E-state index in [1.807, 2.05) is 6.92 Å². The van der Waals surface area contributed by atoms with Crippen LogP contribution < -0.4 is 10.6 Å². The number of benzene rings is 1. The highest BCUT2D eigenvalue weighted by molar-refractivity contribution is 5.84. The van der Waals surface area contributed by atoms with Crippen LogP contribution in [0, 0.1) is 0 Å². The smallest absolute Gasteiger partial charge is 0.326 e. The Labute approximate surface area is 116 Å².